The van der Waals surface area contributed by atoms with Gasteiger partial charge in [0, 0.05) is 6.54 Å². The van der Waals surface area contributed by atoms with Gasteiger partial charge < -0.3 is 10.8 Å². The summed E-state index contributed by atoms with van der Waals surface area (Å²) in [5.74, 6) is -0.983. The highest BCUT2D eigenvalue weighted by molar-refractivity contribution is 9.10. The lowest BCUT2D eigenvalue weighted by Crippen LogP contribution is -2.31. The van der Waals surface area contributed by atoms with E-state index in [1.54, 1.807) is 16.9 Å². The van der Waals surface area contributed by atoms with Crippen molar-refractivity contribution in [2.45, 2.75) is 19.0 Å². The Morgan fingerprint density at radius 1 is 1.85 bits per heavy atom. The number of aryl methyl sites for hydroxylation is 1. The highest BCUT2D eigenvalue weighted by Crippen LogP contribution is 2.08. The number of aliphatic carboxylic acids is 1. The second-order valence-electron chi connectivity index (χ2n) is 2.61. The van der Waals surface area contributed by atoms with Crippen LogP contribution in [0, 0.1) is 0 Å². The van der Waals surface area contributed by atoms with Gasteiger partial charge in [0.15, 0.2) is 0 Å². The zero-order chi connectivity index (χ0) is 9.84. The molecular formula is C7H10BrN3O2. The minimum absolute atomic E-state index is 0.371. The molecular weight excluding hydrogens is 238 g/mol. The average molecular weight is 248 g/mol. The van der Waals surface area contributed by atoms with E-state index in [2.05, 4.69) is 21.0 Å². The molecule has 0 bridgehead atoms. The maximum absolute atomic E-state index is 10.4. The van der Waals surface area contributed by atoms with Crippen LogP contribution in [0.15, 0.2) is 16.9 Å². The molecule has 0 amide bonds. The molecule has 1 heterocycles. The highest BCUT2D eigenvalue weighted by Gasteiger charge is 2.11. The Hall–Kier alpha value is -0.880. The van der Waals surface area contributed by atoms with Gasteiger partial charge in [0.05, 0.1) is 6.20 Å². The number of nitrogens with zero attached hydrogens (tertiary/aromatic N) is 2. The van der Waals surface area contributed by atoms with Crippen molar-refractivity contribution in [1.82, 2.24) is 9.78 Å². The van der Waals surface area contributed by atoms with Gasteiger partial charge in [-0.1, -0.05) is 0 Å². The number of hydrogen-bond donors (Lipinski definition) is 2. The first-order chi connectivity index (χ1) is 6.11. The van der Waals surface area contributed by atoms with Crippen LogP contribution in [-0.4, -0.2) is 26.9 Å². The molecule has 1 unspecified atom stereocenters. The molecule has 3 N–H and O–H groups in total. The first kappa shape index (κ1) is 10.2. The number of hydrogen-bond acceptors (Lipinski definition) is 3. The van der Waals surface area contributed by atoms with E-state index in [0.29, 0.717) is 13.0 Å². The lowest BCUT2D eigenvalue weighted by atomic mass is 10.2. The summed E-state index contributed by atoms with van der Waals surface area (Å²) in [6.07, 6.45) is 2.01. The van der Waals surface area contributed by atoms with Crippen molar-refractivity contribution in [3.8, 4) is 0 Å². The Balaban J connectivity index is 2.44. The number of rotatable bonds is 4. The van der Waals surface area contributed by atoms with E-state index in [1.807, 2.05) is 0 Å². The zero-order valence-corrected chi connectivity index (χ0v) is 8.44. The summed E-state index contributed by atoms with van der Waals surface area (Å²) in [5.41, 5.74) is 5.33. The van der Waals surface area contributed by atoms with Crippen LogP contribution in [-0.2, 0) is 11.3 Å². The van der Waals surface area contributed by atoms with Crippen LogP contribution in [0.3, 0.4) is 0 Å². The quantitative estimate of drug-likeness (QED) is 0.810. The molecule has 1 rings (SSSR count). The molecule has 0 saturated heterocycles. The standard InChI is InChI=1S/C7H10BrN3O2/c8-6-1-3-10-11(6)4-2-5(9)7(12)13/h1,3,5H,2,4,9H2,(H,12,13). The fourth-order valence-electron chi connectivity index (χ4n) is 0.866. The second-order valence-corrected chi connectivity index (χ2v) is 3.42. The monoisotopic (exact) mass is 247 g/mol. The van der Waals surface area contributed by atoms with Crippen LogP contribution in [0.5, 0.6) is 0 Å². The normalized spacial score (nSPS) is 12.8. The molecule has 1 aromatic rings. The molecule has 0 saturated carbocycles. The third-order valence-corrected chi connectivity index (χ3v) is 2.31. The number of aromatic nitrogens is 2. The molecule has 72 valence electrons. The van der Waals surface area contributed by atoms with Crippen molar-refractivity contribution in [3.63, 3.8) is 0 Å². The molecule has 0 aliphatic heterocycles. The number of halogens is 1. The smallest absolute Gasteiger partial charge is 0.320 e. The summed E-state index contributed by atoms with van der Waals surface area (Å²) >= 11 is 3.27. The van der Waals surface area contributed by atoms with Crippen molar-refractivity contribution >= 4 is 21.9 Å². The van der Waals surface area contributed by atoms with Gasteiger partial charge in [-0.15, -0.1) is 0 Å². The van der Waals surface area contributed by atoms with Gasteiger partial charge in [-0.05, 0) is 28.4 Å². The Bertz CT molecular complexity index is 300. The molecule has 1 aromatic heterocycles. The zero-order valence-electron chi connectivity index (χ0n) is 6.85. The van der Waals surface area contributed by atoms with Crippen LogP contribution in [0.2, 0.25) is 0 Å². The summed E-state index contributed by atoms with van der Waals surface area (Å²) in [4.78, 5) is 10.4. The van der Waals surface area contributed by atoms with Crippen molar-refractivity contribution in [2.75, 3.05) is 0 Å². The number of carboxylic acids is 1. The SMILES string of the molecule is NC(CCn1nccc1Br)C(=O)O. The fraction of sp³-hybridized carbons (Fsp3) is 0.429. The highest BCUT2D eigenvalue weighted by atomic mass is 79.9. The Labute approximate surface area is 83.7 Å². The Kier molecular flexibility index (Phi) is 3.44. The van der Waals surface area contributed by atoms with Gasteiger partial charge in [-0.2, -0.15) is 5.10 Å². The minimum Gasteiger partial charge on any atom is -0.480 e. The van der Waals surface area contributed by atoms with Gasteiger partial charge in [-0.3, -0.25) is 9.48 Å². The molecule has 1 atom stereocenters. The topological polar surface area (TPSA) is 81.1 Å². The van der Waals surface area contributed by atoms with Gasteiger partial charge in [-0.25, -0.2) is 0 Å². The molecule has 0 radical (unpaired) electrons. The third-order valence-electron chi connectivity index (χ3n) is 1.63. The summed E-state index contributed by atoms with van der Waals surface area (Å²) in [6.45, 7) is 0.501. The number of carboxylic acid groups (broad SMARTS) is 1. The van der Waals surface area contributed by atoms with Crippen LogP contribution >= 0.6 is 15.9 Å². The van der Waals surface area contributed by atoms with Gasteiger partial charge in [0.25, 0.3) is 0 Å². The van der Waals surface area contributed by atoms with Crippen molar-refractivity contribution < 1.29 is 9.90 Å². The van der Waals surface area contributed by atoms with E-state index >= 15 is 0 Å². The summed E-state index contributed by atoms with van der Waals surface area (Å²) in [6, 6.07) is 0.961. The van der Waals surface area contributed by atoms with E-state index in [-0.39, 0.29) is 0 Å². The largest absolute Gasteiger partial charge is 0.480 e. The number of nitrogens with two attached hydrogens (primary N) is 1. The molecule has 0 aliphatic rings. The van der Waals surface area contributed by atoms with Crippen LogP contribution in [0.1, 0.15) is 6.42 Å². The first-order valence-corrected chi connectivity index (χ1v) is 4.56. The maximum Gasteiger partial charge on any atom is 0.320 e. The van der Waals surface area contributed by atoms with Crippen molar-refractivity contribution in [3.05, 3.63) is 16.9 Å². The maximum atomic E-state index is 10.4. The van der Waals surface area contributed by atoms with E-state index in [1.165, 1.54) is 0 Å². The van der Waals surface area contributed by atoms with Crippen molar-refractivity contribution in [1.29, 1.82) is 0 Å². The average Bonchev–Trinajstić information content (AvgIpc) is 2.47. The second kappa shape index (κ2) is 4.38. The van der Waals surface area contributed by atoms with Crippen LogP contribution < -0.4 is 5.73 Å². The van der Waals surface area contributed by atoms with Gasteiger partial charge in [0.2, 0.25) is 0 Å². The van der Waals surface area contributed by atoms with Crippen molar-refractivity contribution in [2.24, 2.45) is 5.73 Å². The minimum atomic E-state index is -0.983. The molecule has 0 aromatic carbocycles. The predicted octanol–water partition coefficient (Wildman–Crippen LogP) is 0.448. The molecule has 0 fully saturated rings. The van der Waals surface area contributed by atoms with Crippen LogP contribution in [0.4, 0.5) is 0 Å². The first-order valence-electron chi connectivity index (χ1n) is 3.77. The summed E-state index contributed by atoms with van der Waals surface area (Å²) in [7, 11) is 0. The van der Waals surface area contributed by atoms with E-state index in [0.717, 1.165) is 4.60 Å². The molecule has 0 aliphatic carbocycles. The third kappa shape index (κ3) is 2.82. The van der Waals surface area contributed by atoms with E-state index in [9.17, 15) is 4.79 Å². The molecule has 0 spiro atoms. The summed E-state index contributed by atoms with van der Waals surface area (Å²) < 4.78 is 2.48. The van der Waals surface area contributed by atoms with E-state index < -0.39 is 12.0 Å². The Morgan fingerprint density at radius 2 is 2.54 bits per heavy atom. The lowest BCUT2D eigenvalue weighted by Gasteiger charge is -2.06. The van der Waals surface area contributed by atoms with Gasteiger partial charge in [0.1, 0.15) is 10.6 Å². The lowest BCUT2D eigenvalue weighted by molar-refractivity contribution is -0.138. The predicted molar refractivity (Wildman–Crippen MR) is 50.2 cm³/mol. The molecule has 5 nitrogen and oxygen atoms in total. The van der Waals surface area contributed by atoms with Gasteiger partial charge >= 0.3 is 5.97 Å². The van der Waals surface area contributed by atoms with E-state index in [4.69, 9.17) is 10.8 Å². The fourth-order valence-corrected chi connectivity index (χ4v) is 1.25. The Morgan fingerprint density at radius 3 is 3.00 bits per heavy atom. The molecule has 13 heavy (non-hydrogen) atoms. The molecule has 6 heteroatoms. The van der Waals surface area contributed by atoms with Crippen LogP contribution in [0.25, 0.3) is 0 Å². The summed E-state index contributed by atoms with van der Waals surface area (Å²) in [5, 5.41) is 12.5. The number of carbonyl (C=O) groups is 1.